The largest absolute Gasteiger partial charge is 0.355 e. The van der Waals surface area contributed by atoms with E-state index in [4.69, 9.17) is 0 Å². The molecule has 4 aromatic rings. The molecule has 1 aliphatic rings. The van der Waals surface area contributed by atoms with E-state index in [9.17, 15) is 0 Å². The summed E-state index contributed by atoms with van der Waals surface area (Å²) in [7, 11) is 0. The third-order valence-corrected chi connectivity index (χ3v) is 9.12. The summed E-state index contributed by atoms with van der Waals surface area (Å²) in [5.74, 6) is 0. The molecule has 0 aromatic carbocycles. The number of hydrogen-bond donors (Lipinski definition) is 4. The summed E-state index contributed by atoms with van der Waals surface area (Å²) < 4.78 is 0. The topological polar surface area (TPSA) is 63.2 Å². The maximum Gasteiger partial charge on any atom is 0.0441 e. The zero-order valence-electron chi connectivity index (χ0n) is 26.3. The van der Waals surface area contributed by atoms with Crippen molar-refractivity contribution in [3.63, 3.8) is 0 Å². The van der Waals surface area contributed by atoms with Gasteiger partial charge in [0, 0.05) is 61.2 Å². The Morgan fingerprint density at radius 2 is 0.512 bits per heavy atom. The molecule has 220 valence electrons. The number of aromatic nitrogens is 4. The van der Waals surface area contributed by atoms with Crippen molar-refractivity contribution >= 4 is 24.3 Å². The number of aromatic amines is 4. The van der Waals surface area contributed by atoms with Crippen LogP contribution < -0.4 is 21.4 Å². The van der Waals surface area contributed by atoms with E-state index < -0.39 is 0 Å². The summed E-state index contributed by atoms with van der Waals surface area (Å²) in [6.45, 7) is 18.3. The van der Waals surface area contributed by atoms with Crippen molar-refractivity contribution in [3.05, 3.63) is 88.7 Å². The maximum atomic E-state index is 3.87. The second-order valence-corrected chi connectivity index (χ2v) is 11.0. The van der Waals surface area contributed by atoms with Gasteiger partial charge in [0.2, 0.25) is 0 Å². The first-order valence-corrected chi connectivity index (χ1v) is 15.8. The van der Waals surface area contributed by atoms with Gasteiger partial charge in [-0.05, 0) is 120 Å². The Morgan fingerprint density at radius 1 is 0.317 bits per heavy atom. The molecule has 0 amide bonds. The van der Waals surface area contributed by atoms with Crippen molar-refractivity contribution in [2.24, 2.45) is 0 Å². The second kappa shape index (κ2) is 13.0. The minimum atomic E-state index is 0. The van der Waals surface area contributed by atoms with Gasteiger partial charge in [0.15, 0.2) is 0 Å². The van der Waals surface area contributed by atoms with E-state index in [1.54, 1.807) is 0 Å². The van der Waals surface area contributed by atoms with E-state index >= 15 is 0 Å². The average molecular weight is 593 g/mol. The third kappa shape index (κ3) is 5.28. The van der Waals surface area contributed by atoms with Crippen LogP contribution in [0.2, 0.25) is 0 Å². The van der Waals surface area contributed by atoms with Crippen LogP contribution in [0.3, 0.4) is 0 Å². The zero-order valence-corrected chi connectivity index (χ0v) is 27.4. The van der Waals surface area contributed by atoms with Crippen LogP contribution >= 0.6 is 0 Å². The standard InChI is InChI=1S/C36H48N4.Fe/c1-9-21-22(10-2)30-18-32-25(13-5)26(14-6)34(39-32)20-36-28(16-8)27(15-7)35(40-36)19-33-24(12-4)23(11-3)31(38-33)17-29(21)37-30;/h17-20,37-40H,9-16H2,1-8H3;. The average Bonchev–Trinajstić information content (AvgIpc) is 3.67. The minimum absolute atomic E-state index is 0. The number of nitrogens with one attached hydrogen (secondary N) is 4. The number of fused-ring (bicyclic) bond motifs is 8. The fourth-order valence-electron chi connectivity index (χ4n) is 7.28. The Bertz CT molecular complexity index is 1530. The molecule has 4 nitrogen and oxygen atoms in total. The number of rotatable bonds is 8. The van der Waals surface area contributed by atoms with Crippen molar-refractivity contribution < 1.29 is 17.1 Å². The maximum absolute atomic E-state index is 3.87. The third-order valence-electron chi connectivity index (χ3n) is 9.12. The van der Waals surface area contributed by atoms with Crippen LogP contribution in [-0.2, 0) is 68.4 Å². The Kier molecular flexibility index (Phi) is 9.82. The van der Waals surface area contributed by atoms with Gasteiger partial charge in [-0.1, -0.05) is 55.4 Å². The predicted molar refractivity (Wildman–Crippen MR) is 171 cm³/mol. The van der Waals surface area contributed by atoms with Crippen molar-refractivity contribution in [2.45, 2.75) is 107 Å². The Labute approximate surface area is 256 Å². The molecule has 0 saturated heterocycles. The molecule has 4 aromatic heterocycles. The molecule has 0 saturated carbocycles. The van der Waals surface area contributed by atoms with Crippen LogP contribution in [0.5, 0.6) is 0 Å². The van der Waals surface area contributed by atoms with Crippen LogP contribution in [0, 0.1) is 0 Å². The monoisotopic (exact) mass is 592 g/mol. The summed E-state index contributed by atoms with van der Waals surface area (Å²) >= 11 is 0. The van der Waals surface area contributed by atoms with Crippen molar-refractivity contribution in [3.8, 4) is 0 Å². The molecule has 0 aliphatic carbocycles. The Hall–Kier alpha value is -2.88. The van der Waals surface area contributed by atoms with Gasteiger partial charge >= 0.3 is 0 Å². The summed E-state index contributed by atoms with van der Waals surface area (Å²) in [5.41, 5.74) is 16.4. The van der Waals surface area contributed by atoms with Gasteiger partial charge in [0.05, 0.1) is 0 Å². The normalized spacial score (nSPS) is 12.3. The van der Waals surface area contributed by atoms with E-state index in [-0.39, 0.29) is 17.1 Å². The molecular formula is C36H48FeN4. The van der Waals surface area contributed by atoms with E-state index in [0.29, 0.717) is 0 Å². The van der Waals surface area contributed by atoms with Crippen molar-refractivity contribution in [1.82, 2.24) is 19.9 Å². The van der Waals surface area contributed by atoms with E-state index in [0.717, 1.165) is 51.4 Å². The van der Waals surface area contributed by atoms with Gasteiger partial charge in [-0.2, -0.15) is 0 Å². The second-order valence-electron chi connectivity index (χ2n) is 11.0. The molecule has 4 N–H and O–H groups in total. The molecule has 5 heteroatoms. The molecule has 41 heavy (non-hydrogen) atoms. The van der Waals surface area contributed by atoms with Crippen LogP contribution in [0.15, 0.2) is 0 Å². The summed E-state index contributed by atoms with van der Waals surface area (Å²) in [4.78, 5) is 15.5. The van der Waals surface area contributed by atoms with Gasteiger partial charge < -0.3 is 19.9 Å². The SMILES string of the molecule is CCc1c2[nH]c(c1CC)C=c1[nH]c(c(CC)c1CC)=Cc1[nH]c(c(CC)c1CC)C=c1[nH]c(c(CC)c1CC)=C2.[Fe]. The quantitative estimate of drug-likeness (QED) is 0.181. The predicted octanol–water partition coefficient (Wildman–Crippen LogP) is 5.12. The molecule has 5 heterocycles. The van der Waals surface area contributed by atoms with Gasteiger partial charge in [0.1, 0.15) is 0 Å². The molecule has 0 atom stereocenters. The van der Waals surface area contributed by atoms with Crippen LogP contribution in [0.1, 0.15) is 123 Å². The molecule has 0 fully saturated rings. The summed E-state index contributed by atoms with van der Waals surface area (Å²) in [6.07, 6.45) is 17.6. The van der Waals surface area contributed by atoms with Crippen molar-refractivity contribution in [1.29, 1.82) is 0 Å². The number of H-pyrrole nitrogens is 4. The summed E-state index contributed by atoms with van der Waals surface area (Å²) in [5, 5.41) is 4.94. The van der Waals surface area contributed by atoms with Crippen LogP contribution in [0.4, 0.5) is 0 Å². The molecule has 0 unspecified atom stereocenters. The van der Waals surface area contributed by atoms with Crippen LogP contribution in [-0.4, -0.2) is 19.9 Å². The van der Waals surface area contributed by atoms with E-state index in [1.165, 1.54) is 88.7 Å². The van der Waals surface area contributed by atoms with Crippen LogP contribution in [0.25, 0.3) is 24.3 Å². The molecular weight excluding hydrogens is 544 g/mol. The van der Waals surface area contributed by atoms with Gasteiger partial charge in [-0.15, -0.1) is 0 Å². The summed E-state index contributed by atoms with van der Waals surface area (Å²) in [6, 6.07) is 0. The van der Waals surface area contributed by atoms with E-state index in [2.05, 4.69) is 99.6 Å². The first-order valence-electron chi connectivity index (χ1n) is 15.8. The first-order chi connectivity index (χ1) is 19.5. The fraction of sp³-hybridized carbons (Fsp3) is 0.444. The van der Waals surface area contributed by atoms with E-state index in [1.807, 2.05) is 0 Å². The first kappa shape index (κ1) is 31.1. The molecule has 8 bridgehead atoms. The van der Waals surface area contributed by atoms with Gasteiger partial charge in [-0.3, -0.25) is 0 Å². The fourth-order valence-corrected chi connectivity index (χ4v) is 7.28. The smallest absolute Gasteiger partial charge is 0.0441 e. The van der Waals surface area contributed by atoms with Gasteiger partial charge in [-0.25, -0.2) is 0 Å². The Balaban J connectivity index is 0.00000387. The Morgan fingerprint density at radius 3 is 0.683 bits per heavy atom. The zero-order chi connectivity index (χ0) is 28.6. The molecule has 1 aliphatic heterocycles. The number of hydrogen-bond acceptors (Lipinski definition) is 0. The molecule has 5 rings (SSSR count). The molecule has 0 spiro atoms. The van der Waals surface area contributed by atoms with Crippen molar-refractivity contribution in [2.75, 3.05) is 0 Å². The molecule has 0 radical (unpaired) electrons. The minimum Gasteiger partial charge on any atom is -0.355 e. The van der Waals surface area contributed by atoms with Gasteiger partial charge in [0.25, 0.3) is 0 Å².